The molecule has 1 saturated carbocycles. The summed E-state index contributed by atoms with van der Waals surface area (Å²) in [6.45, 7) is 2.35. The number of halogens is 2. The van der Waals surface area contributed by atoms with Crippen LogP contribution in [-0.2, 0) is 14.3 Å². The summed E-state index contributed by atoms with van der Waals surface area (Å²) in [7, 11) is 1.29. The third-order valence-corrected chi connectivity index (χ3v) is 9.57. The lowest BCUT2D eigenvalue weighted by atomic mass is 9.95. The average Bonchev–Trinajstić information content (AvgIpc) is 3.73. The van der Waals surface area contributed by atoms with Gasteiger partial charge in [-0.2, -0.15) is 0 Å². The number of carbonyl (C=O) groups is 3. The van der Waals surface area contributed by atoms with Crippen LogP contribution < -0.4 is 5.32 Å². The largest absolute Gasteiger partial charge is 0.481 e. The van der Waals surface area contributed by atoms with Crippen LogP contribution in [0.1, 0.15) is 35.9 Å². The van der Waals surface area contributed by atoms with Crippen molar-refractivity contribution in [3.63, 3.8) is 0 Å². The van der Waals surface area contributed by atoms with Crippen molar-refractivity contribution < 1.29 is 28.6 Å². The van der Waals surface area contributed by atoms with Crippen LogP contribution in [0.25, 0.3) is 0 Å². The molecule has 1 aromatic heterocycles. The van der Waals surface area contributed by atoms with E-state index in [0.29, 0.717) is 67.7 Å². The van der Waals surface area contributed by atoms with Crippen molar-refractivity contribution >= 4 is 46.7 Å². The zero-order chi connectivity index (χ0) is 29.5. The fourth-order valence-corrected chi connectivity index (χ4v) is 7.37. The highest BCUT2D eigenvalue weighted by atomic mass is 35.5. The molecule has 1 aliphatic carbocycles. The Labute approximate surface area is 250 Å². The Morgan fingerprint density at radius 1 is 1.24 bits per heavy atom. The smallest absolute Gasteiger partial charge is 0.338 e. The number of ether oxygens (including phenoxy) is 1. The highest BCUT2D eigenvalue weighted by Crippen LogP contribution is 2.38. The van der Waals surface area contributed by atoms with Crippen molar-refractivity contribution in [2.45, 2.75) is 37.4 Å². The number of fused-ring (bicyclic) bond motifs is 1. The van der Waals surface area contributed by atoms with Crippen LogP contribution in [-0.4, -0.2) is 101 Å². The molecule has 2 amide bonds. The van der Waals surface area contributed by atoms with Crippen LogP contribution >= 0.6 is 22.9 Å². The third-order valence-electron chi connectivity index (χ3n) is 8.47. The molecular weight excluding hydrogens is 587 g/mol. The first-order valence-electron chi connectivity index (χ1n) is 13.8. The lowest BCUT2D eigenvalue weighted by molar-refractivity contribution is -0.143. The molecular formula is C28H30ClFN6O5S. The number of piperazine rings is 1. The molecule has 3 fully saturated rings. The Balaban J connectivity index is 1.28. The molecule has 42 heavy (non-hydrogen) atoms. The molecule has 11 nitrogen and oxygen atoms in total. The maximum Gasteiger partial charge on any atom is 0.338 e. The normalized spacial score (nSPS) is 26.3. The Morgan fingerprint density at radius 2 is 2.07 bits per heavy atom. The van der Waals surface area contributed by atoms with E-state index in [2.05, 4.69) is 15.2 Å². The van der Waals surface area contributed by atoms with Crippen LogP contribution in [0.2, 0.25) is 5.02 Å². The van der Waals surface area contributed by atoms with Crippen molar-refractivity contribution in [2.24, 2.45) is 10.9 Å². The number of rotatable bonds is 7. The van der Waals surface area contributed by atoms with E-state index in [0.717, 1.165) is 6.42 Å². The Hall–Kier alpha value is -3.55. The van der Waals surface area contributed by atoms with Gasteiger partial charge in [-0.15, -0.1) is 11.3 Å². The fraction of sp³-hybridized carbons (Fsp3) is 0.464. The Morgan fingerprint density at radius 3 is 2.79 bits per heavy atom. The van der Waals surface area contributed by atoms with Gasteiger partial charge in [0.2, 0.25) is 0 Å². The zero-order valence-corrected chi connectivity index (χ0v) is 24.4. The van der Waals surface area contributed by atoms with Crippen molar-refractivity contribution in [1.82, 2.24) is 25.0 Å². The molecule has 2 N–H and O–H groups in total. The van der Waals surface area contributed by atoms with Gasteiger partial charge in [-0.1, -0.05) is 24.1 Å². The van der Waals surface area contributed by atoms with Gasteiger partial charge >= 0.3 is 18.0 Å². The van der Waals surface area contributed by atoms with Crippen molar-refractivity contribution in [3.8, 4) is 0 Å². The van der Waals surface area contributed by atoms with E-state index >= 15 is 0 Å². The summed E-state index contributed by atoms with van der Waals surface area (Å²) in [5.74, 6) is -2.03. The number of methoxy groups -OCH3 is 1. The Bertz CT molecular complexity index is 1470. The number of carboxylic acids is 1. The second kappa shape index (κ2) is 11.6. The standard InChI is InChI=1S/C28H30ClFN6O5S/c1-41-27(39)22-20(32-24(25-31-7-10-42-25)33-23(22)17-6-5-15(30)11-19(17)29)14-34-8-9-35-16(12-34)13-36(28(35)40)21-4-2-3-18(21)26(37)38/h5-7,10-11,16,18,21,23H,2-4,8-9,12-14H2,1H3,(H,32,33)(H,37,38)/t16-,18+,21-,23-/m0/s1. The first kappa shape index (κ1) is 28.6. The first-order valence-corrected chi connectivity index (χ1v) is 15.0. The van der Waals surface area contributed by atoms with Gasteiger partial charge in [-0.3, -0.25) is 14.7 Å². The summed E-state index contributed by atoms with van der Waals surface area (Å²) in [4.78, 5) is 53.2. The third kappa shape index (κ3) is 5.25. The predicted molar refractivity (Wildman–Crippen MR) is 153 cm³/mol. The highest BCUT2D eigenvalue weighted by molar-refractivity contribution is 7.11. The van der Waals surface area contributed by atoms with E-state index in [-0.39, 0.29) is 28.7 Å². The highest BCUT2D eigenvalue weighted by Gasteiger charge is 2.48. The van der Waals surface area contributed by atoms with Gasteiger partial charge in [0, 0.05) is 66.6 Å². The van der Waals surface area contributed by atoms with Crippen LogP contribution in [0, 0.1) is 11.7 Å². The van der Waals surface area contributed by atoms with Crippen molar-refractivity contribution in [2.75, 3.05) is 39.8 Å². The number of aliphatic carboxylic acids is 1. The van der Waals surface area contributed by atoms with Crippen LogP contribution in [0.3, 0.4) is 0 Å². The molecule has 0 spiro atoms. The number of carboxylic acid groups (broad SMARTS) is 1. The number of aliphatic imine (C=N–C) groups is 1. The molecule has 4 aliphatic rings. The predicted octanol–water partition coefficient (Wildman–Crippen LogP) is 3.13. The summed E-state index contributed by atoms with van der Waals surface area (Å²) < 4.78 is 19.1. The number of aromatic nitrogens is 1. The molecule has 2 aromatic rings. The second-order valence-electron chi connectivity index (χ2n) is 10.9. The maximum absolute atomic E-state index is 13.9. The van der Waals surface area contributed by atoms with E-state index < -0.39 is 29.7 Å². The number of nitrogens with zero attached hydrogens (tertiary/aromatic N) is 5. The van der Waals surface area contributed by atoms with Gasteiger partial charge in [0.05, 0.1) is 24.6 Å². The number of hydrogen-bond acceptors (Lipinski definition) is 9. The number of benzene rings is 1. The van der Waals surface area contributed by atoms with E-state index in [9.17, 15) is 23.9 Å². The molecule has 4 heterocycles. The van der Waals surface area contributed by atoms with Gasteiger partial charge in [-0.05, 0) is 25.0 Å². The number of urea groups is 1. The monoisotopic (exact) mass is 616 g/mol. The van der Waals surface area contributed by atoms with Gasteiger partial charge in [0.15, 0.2) is 10.8 Å². The molecule has 0 unspecified atom stereocenters. The van der Waals surface area contributed by atoms with Gasteiger partial charge in [0.1, 0.15) is 11.9 Å². The quantitative estimate of drug-likeness (QED) is 0.454. The van der Waals surface area contributed by atoms with E-state index in [4.69, 9.17) is 21.3 Å². The van der Waals surface area contributed by atoms with E-state index in [1.54, 1.807) is 11.1 Å². The molecule has 222 valence electrons. The number of thiazole rings is 1. The zero-order valence-electron chi connectivity index (χ0n) is 22.8. The topological polar surface area (TPSA) is 128 Å². The summed E-state index contributed by atoms with van der Waals surface area (Å²) >= 11 is 7.84. The summed E-state index contributed by atoms with van der Waals surface area (Å²) in [5.41, 5.74) is 1.27. The molecule has 3 aliphatic heterocycles. The van der Waals surface area contributed by atoms with Gasteiger partial charge in [-0.25, -0.2) is 19.0 Å². The molecule has 14 heteroatoms. The van der Waals surface area contributed by atoms with Crippen molar-refractivity contribution in [1.29, 1.82) is 0 Å². The van der Waals surface area contributed by atoms with Crippen LogP contribution in [0.4, 0.5) is 9.18 Å². The fourth-order valence-electron chi connectivity index (χ4n) is 6.51. The molecule has 0 bridgehead atoms. The van der Waals surface area contributed by atoms with E-state index in [1.165, 1.54) is 36.6 Å². The molecule has 1 aromatic carbocycles. The van der Waals surface area contributed by atoms with E-state index in [1.807, 2.05) is 10.3 Å². The summed E-state index contributed by atoms with van der Waals surface area (Å²) in [5, 5.41) is 15.5. The first-order chi connectivity index (χ1) is 20.2. The molecule has 0 radical (unpaired) electrons. The second-order valence-corrected chi connectivity index (χ2v) is 12.2. The lowest BCUT2D eigenvalue weighted by Gasteiger charge is -2.38. The molecule has 4 atom stereocenters. The van der Waals surface area contributed by atoms with Crippen molar-refractivity contribution in [3.05, 3.63) is 62.5 Å². The summed E-state index contributed by atoms with van der Waals surface area (Å²) in [6, 6.07) is 2.61. The average molecular weight is 617 g/mol. The minimum atomic E-state index is -0.860. The maximum atomic E-state index is 13.9. The number of hydrogen-bond donors (Lipinski definition) is 2. The SMILES string of the molecule is COC(=O)C1=C(CN2CCN3C(=O)N([C@H]4CCC[C@H]4C(=O)O)C[C@@H]3C2)NC(c2nccs2)=N[C@H]1c1ccc(F)cc1Cl. The van der Waals surface area contributed by atoms with Crippen LogP contribution in [0.5, 0.6) is 0 Å². The number of nitrogens with one attached hydrogen (secondary N) is 1. The molecule has 6 rings (SSSR count). The number of amidine groups is 1. The Kier molecular flexibility index (Phi) is 7.90. The minimum Gasteiger partial charge on any atom is -0.481 e. The van der Waals surface area contributed by atoms with Crippen LogP contribution in [0.15, 0.2) is 46.0 Å². The van der Waals surface area contributed by atoms with Gasteiger partial charge < -0.3 is 25.0 Å². The number of carbonyl (C=O) groups excluding carboxylic acids is 2. The van der Waals surface area contributed by atoms with Gasteiger partial charge in [0.25, 0.3) is 0 Å². The summed E-state index contributed by atoms with van der Waals surface area (Å²) in [6.07, 6.45) is 3.72. The lowest BCUT2D eigenvalue weighted by Crippen LogP contribution is -2.53. The minimum absolute atomic E-state index is 0.104. The number of esters is 1. The number of amides is 2. The molecule has 2 saturated heterocycles.